The smallest absolute Gasteiger partial charge is 0.370 e. The standard InChI is InChI=1S/C17H18F3N7/c1-2-22-15-11(17(18,19)20)7-23-16(25-15)24-12-8-27(13-5-10(13)6-21)26-14(12)9-3-4-9/h7-10,13H,2-5H2,1H3,(H2,22,23,24,25)/t10-,13?/m0/s1. The van der Waals surface area contributed by atoms with Crippen LogP contribution in [0.15, 0.2) is 12.4 Å². The Bertz CT molecular complexity index is 895. The van der Waals surface area contributed by atoms with E-state index in [1.54, 1.807) is 17.8 Å². The number of hydrogen-bond donors (Lipinski definition) is 2. The van der Waals surface area contributed by atoms with Crippen molar-refractivity contribution in [3.8, 4) is 6.07 Å². The van der Waals surface area contributed by atoms with Gasteiger partial charge >= 0.3 is 6.18 Å². The molecule has 2 N–H and O–H groups in total. The molecule has 0 saturated heterocycles. The number of anilines is 3. The van der Waals surface area contributed by atoms with E-state index in [9.17, 15) is 13.2 Å². The van der Waals surface area contributed by atoms with Gasteiger partial charge in [0.05, 0.1) is 29.4 Å². The molecule has 2 aliphatic carbocycles. The average Bonchev–Trinajstić information content (AvgIpc) is 3.53. The van der Waals surface area contributed by atoms with Crippen LogP contribution >= 0.6 is 0 Å². The maximum atomic E-state index is 13.1. The number of nitrogens with zero attached hydrogens (tertiary/aromatic N) is 5. The molecule has 2 fully saturated rings. The molecule has 27 heavy (non-hydrogen) atoms. The van der Waals surface area contributed by atoms with Crippen molar-refractivity contribution < 1.29 is 13.2 Å². The van der Waals surface area contributed by atoms with Crippen molar-refractivity contribution in [2.45, 2.75) is 44.3 Å². The van der Waals surface area contributed by atoms with Crippen LogP contribution in [0.5, 0.6) is 0 Å². The molecule has 2 aromatic rings. The lowest BCUT2D eigenvalue weighted by Crippen LogP contribution is -2.14. The molecule has 4 rings (SSSR count). The van der Waals surface area contributed by atoms with E-state index in [0.29, 0.717) is 18.2 Å². The number of alkyl halides is 3. The molecular formula is C17H18F3N7. The van der Waals surface area contributed by atoms with Crippen LogP contribution in [-0.2, 0) is 6.18 Å². The van der Waals surface area contributed by atoms with Crippen LogP contribution in [0.1, 0.15) is 49.4 Å². The molecule has 0 aromatic carbocycles. The predicted octanol–water partition coefficient (Wildman–Crippen LogP) is 3.83. The lowest BCUT2D eigenvalue weighted by Gasteiger charge is -2.13. The maximum Gasteiger partial charge on any atom is 0.421 e. The summed E-state index contributed by atoms with van der Waals surface area (Å²) in [6, 6.07) is 2.30. The number of nitriles is 1. The third kappa shape index (κ3) is 3.54. The predicted molar refractivity (Wildman–Crippen MR) is 91.4 cm³/mol. The summed E-state index contributed by atoms with van der Waals surface area (Å²) in [7, 11) is 0. The van der Waals surface area contributed by atoms with Gasteiger partial charge in [-0.25, -0.2) is 4.98 Å². The SMILES string of the molecule is CCNc1nc(Nc2cn(C3C[C@H]3C#N)nc2C2CC2)ncc1C(F)(F)F. The van der Waals surface area contributed by atoms with Gasteiger partial charge in [-0.15, -0.1) is 0 Å². The second-order valence-electron chi connectivity index (χ2n) is 6.83. The van der Waals surface area contributed by atoms with E-state index in [0.717, 1.165) is 31.2 Å². The average molecular weight is 377 g/mol. The van der Waals surface area contributed by atoms with Gasteiger partial charge < -0.3 is 10.6 Å². The number of hydrogen-bond acceptors (Lipinski definition) is 6. The minimum Gasteiger partial charge on any atom is -0.370 e. The third-order valence-corrected chi connectivity index (χ3v) is 4.67. The first-order valence-corrected chi connectivity index (χ1v) is 8.84. The fourth-order valence-electron chi connectivity index (χ4n) is 3.01. The van der Waals surface area contributed by atoms with Crippen LogP contribution in [0.3, 0.4) is 0 Å². The third-order valence-electron chi connectivity index (χ3n) is 4.67. The Kier molecular flexibility index (Phi) is 4.17. The molecule has 10 heteroatoms. The van der Waals surface area contributed by atoms with Gasteiger partial charge in [0, 0.05) is 24.9 Å². The van der Waals surface area contributed by atoms with Crippen molar-refractivity contribution in [2.24, 2.45) is 5.92 Å². The zero-order valence-corrected chi connectivity index (χ0v) is 14.6. The van der Waals surface area contributed by atoms with Crippen LogP contribution in [0, 0.1) is 17.2 Å². The van der Waals surface area contributed by atoms with Crippen molar-refractivity contribution in [3.63, 3.8) is 0 Å². The van der Waals surface area contributed by atoms with Gasteiger partial charge in [-0.2, -0.15) is 28.5 Å². The first-order valence-electron chi connectivity index (χ1n) is 8.84. The highest BCUT2D eigenvalue weighted by atomic mass is 19.4. The Hall–Kier alpha value is -2.83. The minimum atomic E-state index is -4.53. The lowest BCUT2D eigenvalue weighted by atomic mass is 10.2. The van der Waals surface area contributed by atoms with Crippen LogP contribution < -0.4 is 10.6 Å². The molecule has 0 amide bonds. The molecule has 0 radical (unpaired) electrons. The second-order valence-corrected chi connectivity index (χ2v) is 6.83. The summed E-state index contributed by atoms with van der Waals surface area (Å²) >= 11 is 0. The molecule has 1 unspecified atom stereocenters. The van der Waals surface area contributed by atoms with Crippen molar-refractivity contribution in [1.82, 2.24) is 19.7 Å². The monoisotopic (exact) mass is 377 g/mol. The van der Waals surface area contributed by atoms with Crippen LogP contribution in [0.25, 0.3) is 0 Å². The van der Waals surface area contributed by atoms with Gasteiger partial charge in [0.1, 0.15) is 11.4 Å². The molecular weight excluding hydrogens is 359 g/mol. The summed E-state index contributed by atoms with van der Waals surface area (Å²) in [6.07, 6.45) is 0.856. The Labute approximate surface area is 153 Å². The Balaban J connectivity index is 1.62. The molecule has 7 nitrogen and oxygen atoms in total. The summed E-state index contributed by atoms with van der Waals surface area (Å²) in [5.41, 5.74) is 0.637. The van der Waals surface area contributed by atoms with Crippen molar-refractivity contribution in [1.29, 1.82) is 5.26 Å². The Morgan fingerprint density at radius 2 is 2.15 bits per heavy atom. The van der Waals surface area contributed by atoms with Crippen LogP contribution in [-0.4, -0.2) is 26.3 Å². The van der Waals surface area contributed by atoms with Gasteiger partial charge in [-0.3, -0.25) is 4.68 Å². The topological polar surface area (TPSA) is 91.5 Å². The molecule has 2 atom stereocenters. The van der Waals surface area contributed by atoms with Gasteiger partial charge in [-0.1, -0.05) is 0 Å². The zero-order valence-electron chi connectivity index (χ0n) is 14.6. The van der Waals surface area contributed by atoms with Crippen LogP contribution in [0.2, 0.25) is 0 Å². The molecule has 2 aromatic heterocycles. The normalized spacial score (nSPS) is 21.6. The van der Waals surface area contributed by atoms with Crippen molar-refractivity contribution >= 4 is 17.5 Å². The minimum absolute atomic E-state index is 0.0347. The van der Waals surface area contributed by atoms with Gasteiger partial charge in [-0.05, 0) is 26.2 Å². The van der Waals surface area contributed by atoms with Gasteiger partial charge in [0.25, 0.3) is 0 Å². The molecule has 2 saturated carbocycles. The summed E-state index contributed by atoms with van der Waals surface area (Å²) < 4.78 is 41.1. The summed E-state index contributed by atoms with van der Waals surface area (Å²) in [6.45, 7) is 2.01. The summed E-state index contributed by atoms with van der Waals surface area (Å²) in [5.74, 6) is 0.117. The fourth-order valence-corrected chi connectivity index (χ4v) is 3.01. The lowest BCUT2D eigenvalue weighted by molar-refractivity contribution is -0.137. The van der Waals surface area contributed by atoms with E-state index < -0.39 is 11.7 Å². The van der Waals surface area contributed by atoms with Crippen LogP contribution in [0.4, 0.5) is 30.6 Å². The number of aromatic nitrogens is 4. The van der Waals surface area contributed by atoms with E-state index in [1.165, 1.54) is 0 Å². The molecule has 2 heterocycles. The molecule has 0 spiro atoms. The van der Waals surface area contributed by atoms with E-state index in [4.69, 9.17) is 5.26 Å². The number of rotatable bonds is 6. The first-order chi connectivity index (χ1) is 12.9. The summed E-state index contributed by atoms with van der Waals surface area (Å²) in [4.78, 5) is 7.84. The molecule has 0 bridgehead atoms. The summed E-state index contributed by atoms with van der Waals surface area (Å²) in [5, 5.41) is 19.3. The van der Waals surface area contributed by atoms with Gasteiger partial charge in [0.2, 0.25) is 5.95 Å². The number of halogens is 3. The Morgan fingerprint density at radius 1 is 1.37 bits per heavy atom. The maximum absolute atomic E-state index is 13.1. The zero-order chi connectivity index (χ0) is 19.2. The molecule has 2 aliphatic rings. The molecule has 0 aliphatic heterocycles. The van der Waals surface area contributed by atoms with E-state index in [2.05, 4.69) is 31.8 Å². The quantitative estimate of drug-likeness (QED) is 0.795. The molecule has 142 valence electrons. The van der Waals surface area contributed by atoms with E-state index >= 15 is 0 Å². The highest BCUT2D eigenvalue weighted by Gasteiger charge is 2.41. The van der Waals surface area contributed by atoms with E-state index in [1.807, 2.05) is 0 Å². The van der Waals surface area contributed by atoms with Crippen molar-refractivity contribution in [2.75, 3.05) is 17.2 Å². The number of nitrogens with one attached hydrogen (secondary N) is 2. The largest absolute Gasteiger partial charge is 0.421 e. The van der Waals surface area contributed by atoms with Gasteiger partial charge in [0.15, 0.2) is 0 Å². The fraction of sp³-hybridized carbons (Fsp3) is 0.529. The highest BCUT2D eigenvalue weighted by molar-refractivity contribution is 5.59. The second kappa shape index (κ2) is 6.40. The Morgan fingerprint density at radius 3 is 2.74 bits per heavy atom. The van der Waals surface area contributed by atoms with Crippen molar-refractivity contribution in [3.05, 3.63) is 23.7 Å². The highest BCUT2D eigenvalue weighted by Crippen LogP contribution is 2.47. The van der Waals surface area contributed by atoms with E-state index in [-0.39, 0.29) is 23.7 Å². The first kappa shape index (κ1) is 17.6.